The minimum atomic E-state index is -0.539. The fraction of sp³-hybridized carbons (Fsp3) is 0.0833. The van der Waals surface area contributed by atoms with Gasteiger partial charge >= 0.3 is 5.69 Å². The molecule has 0 atom stereocenters. The first kappa shape index (κ1) is 15.2. The number of nitrogens with zero attached hydrogens (tertiary/aromatic N) is 2. The molecule has 0 saturated carbocycles. The second-order valence-electron chi connectivity index (χ2n) is 3.70. The molecule has 2 aromatic rings. The molecule has 1 aromatic carbocycles. The van der Waals surface area contributed by atoms with Crippen molar-refractivity contribution in [2.24, 2.45) is 0 Å². The zero-order valence-corrected chi connectivity index (χ0v) is 14.4. The summed E-state index contributed by atoms with van der Waals surface area (Å²) in [6, 6.07) is 6.58. The van der Waals surface area contributed by atoms with Crippen LogP contribution in [0.5, 0.6) is 5.75 Å². The molecule has 0 bridgehead atoms. The molecule has 0 aliphatic rings. The van der Waals surface area contributed by atoms with Gasteiger partial charge in [0.1, 0.15) is 6.61 Å². The molecule has 0 spiro atoms. The summed E-state index contributed by atoms with van der Waals surface area (Å²) in [5, 5.41) is 21.8. The summed E-state index contributed by atoms with van der Waals surface area (Å²) in [5.41, 5.74) is 0.0522. The van der Waals surface area contributed by atoms with Crippen LogP contribution in [0.25, 0.3) is 0 Å². The maximum absolute atomic E-state index is 11.1. The maximum Gasteiger partial charge on any atom is 0.313 e. The molecule has 102 valence electrons. The highest BCUT2D eigenvalue weighted by Crippen LogP contribution is 2.34. The quantitative estimate of drug-likeness (QED) is 0.380. The molecule has 0 radical (unpaired) electrons. The highest BCUT2D eigenvalue weighted by molar-refractivity contribution is 14.1. The molecule has 1 heterocycles. The van der Waals surface area contributed by atoms with Crippen molar-refractivity contribution in [2.75, 3.05) is 0 Å². The smallest absolute Gasteiger partial charge is 0.313 e. The Morgan fingerprint density at radius 2 is 2.25 bits per heavy atom. The van der Waals surface area contributed by atoms with E-state index >= 15 is 0 Å². The molecule has 5 nitrogen and oxygen atoms in total. The van der Waals surface area contributed by atoms with E-state index in [-0.39, 0.29) is 23.6 Å². The molecule has 8 heteroatoms. The first-order valence-electron chi connectivity index (χ1n) is 5.25. The van der Waals surface area contributed by atoms with Crippen LogP contribution in [0.2, 0.25) is 0 Å². The molecule has 2 rings (SSSR count). The van der Waals surface area contributed by atoms with Crippen LogP contribution >= 0.6 is 49.9 Å². The van der Waals surface area contributed by atoms with E-state index in [9.17, 15) is 10.1 Å². The Labute approximate surface area is 140 Å². The zero-order chi connectivity index (χ0) is 14.7. The second kappa shape index (κ2) is 6.51. The van der Waals surface area contributed by atoms with Gasteiger partial charge in [-0.1, -0.05) is 0 Å². The minimum absolute atomic E-state index is 0.191. The Hall–Kier alpha value is -1.18. The Bertz CT molecular complexity index is 711. The summed E-state index contributed by atoms with van der Waals surface area (Å²) in [6.45, 7) is 0.249. The van der Waals surface area contributed by atoms with Gasteiger partial charge in [-0.05, 0) is 50.7 Å². The van der Waals surface area contributed by atoms with Crippen LogP contribution in [-0.4, -0.2) is 4.92 Å². The number of halogens is 2. The van der Waals surface area contributed by atoms with Crippen LogP contribution in [0, 0.1) is 25.0 Å². The number of hydrogen-bond donors (Lipinski definition) is 0. The zero-order valence-electron chi connectivity index (χ0n) is 9.80. The first-order valence-corrected chi connectivity index (χ1v) is 8.00. The van der Waals surface area contributed by atoms with Gasteiger partial charge in [0.15, 0.2) is 0 Å². The summed E-state index contributed by atoms with van der Waals surface area (Å²) in [6.07, 6.45) is 0. The van der Waals surface area contributed by atoms with Crippen LogP contribution in [0.3, 0.4) is 0 Å². The van der Waals surface area contributed by atoms with Crippen molar-refractivity contribution in [3.63, 3.8) is 0 Å². The van der Waals surface area contributed by atoms with Gasteiger partial charge in [0.25, 0.3) is 0 Å². The predicted octanol–water partition coefficient (Wildman–Crippen LogP) is 4.47. The number of ether oxygens (including phenoxy) is 1. The normalized spacial score (nSPS) is 10.1. The fourth-order valence-corrected chi connectivity index (χ4v) is 3.62. The van der Waals surface area contributed by atoms with E-state index < -0.39 is 4.92 Å². The molecular formula is C12H6BrIN2O3S. The van der Waals surface area contributed by atoms with Crippen LogP contribution in [-0.2, 0) is 6.61 Å². The third-order valence-electron chi connectivity index (χ3n) is 2.33. The van der Waals surface area contributed by atoms with Crippen LogP contribution < -0.4 is 4.74 Å². The third kappa shape index (κ3) is 3.47. The Morgan fingerprint density at radius 3 is 2.80 bits per heavy atom. The number of hydrogen-bond acceptors (Lipinski definition) is 5. The number of nitro benzene ring substituents is 1. The molecule has 0 aliphatic heterocycles. The number of rotatable bonds is 4. The molecule has 20 heavy (non-hydrogen) atoms. The summed E-state index contributed by atoms with van der Waals surface area (Å²) in [4.78, 5) is 11.5. The average Bonchev–Trinajstić information content (AvgIpc) is 2.82. The van der Waals surface area contributed by atoms with Gasteiger partial charge in [0.05, 0.1) is 20.1 Å². The molecular weight excluding hydrogens is 459 g/mol. The van der Waals surface area contributed by atoms with E-state index in [1.165, 1.54) is 17.4 Å². The van der Waals surface area contributed by atoms with Crippen LogP contribution in [0.1, 0.15) is 10.4 Å². The van der Waals surface area contributed by atoms with Gasteiger partial charge in [-0.25, -0.2) is 0 Å². The third-order valence-corrected chi connectivity index (χ3v) is 4.80. The van der Waals surface area contributed by atoms with E-state index in [1.807, 2.05) is 40.1 Å². The van der Waals surface area contributed by atoms with Gasteiger partial charge in [-0.3, -0.25) is 10.1 Å². The Kier molecular flexibility index (Phi) is 4.95. The average molecular weight is 465 g/mol. The van der Waals surface area contributed by atoms with E-state index in [4.69, 9.17) is 10.00 Å². The highest BCUT2D eigenvalue weighted by Gasteiger charge is 2.20. The molecule has 0 aliphatic carbocycles. The topological polar surface area (TPSA) is 76.2 Å². The van der Waals surface area contributed by atoms with Gasteiger partial charge in [-0.15, -0.1) is 11.3 Å². The standard InChI is InChI=1S/C12H6BrIN2O3S/c13-8-3-9(20-6-8)5-19-12-10(14)1-7(4-15)2-11(12)16(17)18/h1-3,6H,5H2. The number of thiophene rings is 1. The lowest BCUT2D eigenvalue weighted by atomic mass is 10.2. The van der Waals surface area contributed by atoms with Crippen LogP contribution in [0.15, 0.2) is 28.1 Å². The summed E-state index contributed by atoms with van der Waals surface area (Å²) >= 11 is 6.77. The van der Waals surface area contributed by atoms with Crippen molar-refractivity contribution in [1.29, 1.82) is 5.26 Å². The van der Waals surface area contributed by atoms with Crippen molar-refractivity contribution in [3.05, 3.63) is 52.2 Å². The fourth-order valence-electron chi connectivity index (χ4n) is 1.49. The largest absolute Gasteiger partial charge is 0.480 e. The van der Waals surface area contributed by atoms with Gasteiger partial charge in [0.2, 0.25) is 5.75 Å². The lowest BCUT2D eigenvalue weighted by Crippen LogP contribution is -2.00. The van der Waals surface area contributed by atoms with Gasteiger partial charge in [-0.2, -0.15) is 5.26 Å². The van der Waals surface area contributed by atoms with Crippen molar-refractivity contribution < 1.29 is 9.66 Å². The van der Waals surface area contributed by atoms with Gasteiger partial charge < -0.3 is 4.74 Å². The highest BCUT2D eigenvalue weighted by atomic mass is 127. The van der Waals surface area contributed by atoms with E-state index in [2.05, 4.69) is 15.9 Å². The molecule has 0 fully saturated rings. The monoisotopic (exact) mass is 464 g/mol. The van der Waals surface area contributed by atoms with E-state index in [1.54, 1.807) is 6.07 Å². The number of nitriles is 1. The number of benzene rings is 1. The lowest BCUT2D eigenvalue weighted by Gasteiger charge is -2.08. The van der Waals surface area contributed by atoms with Gasteiger partial charge in [0, 0.05) is 20.8 Å². The Morgan fingerprint density at radius 1 is 1.50 bits per heavy atom. The molecule has 0 N–H and O–H groups in total. The van der Waals surface area contributed by atoms with Crippen molar-refractivity contribution >= 4 is 55.5 Å². The summed E-state index contributed by atoms with van der Waals surface area (Å²) in [7, 11) is 0. The maximum atomic E-state index is 11.1. The SMILES string of the molecule is N#Cc1cc(I)c(OCc2cc(Br)cs2)c([N+](=O)[O-])c1. The van der Waals surface area contributed by atoms with Crippen molar-refractivity contribution in [1.82, 2.24) is 0 Å². The number of nitro groups is 1. The first-order chi connectivity index (χ1) is 9.51. The van der Waals surface area contributed by atoms with E-state index in [0.29, 0.717) is 3.57 Å². The minimum Gasteiger partial charge on any atom is -0.480 e. The molecule has 0 amide bonds. The van der Waals surface area contributed by atoms with E-state index in [0.717, 1.165) is 9.35 Å². The van der Waals surface area contributed by atoms with Crippen molar-refractivity contribution in [2.45, 2.75) is 6.61 Å². The summed E-state index contributed by atoms with van der Waals surface area (Å²) < 4.78 is 7.05. The molecule has 0 saturated heterocycles. The van der Waals surface area contributed by atoms with Crippen LogP contribution in [0.4, 0.5) is 5.69 Å². The Balaban J connectivity index is 2.31. The van der Waals surface area contributed by atoms with Crippen molar-refractivity contribution in [3.8, 4) is 11.8 Å². The summed E-state index contributed by atoms with van der Waals surface area (Å²) in [5.74, 6) is 0.194. The molecule has 0 unspecified atom stereocenters. The second-order valence-corrected chi connectivity index (χ2v) is 6.77. The molecule has 1 aromatic heterocycles. The predicted molar refractivity (Wildman–Crippen MR) is 86.9 cm³/mol. The lowest BCUT2D eigenvalue weighted by molar-refractivity contribution is -0.386.